The fourth-order valence-corrected chi connectivity index (χ4v) is 4.11. The summed E-state index contributed by atoms with van der Waals surface area (Å²) in [6.45, 7) is 23.7. The zero-order valence-electron chi connectivity index (χ0n) is 27.5. The highest BCUT2D eigenvalue weighted by Crippen LogP contribution is 2.37. The van der Waals surface area contributed by atoms with Crippen molar-refractivity contribution in [3.8, 4) is 28.7 Å². The molecule has 3 aliphatic heterocycles. The molecule has 0 saturated heterocycles. The van der Waals surface area contributed by atoms with Gasteiger partial charge in [0.2, 0.25) is 6.79 Å². The largest absolute Gasteiger partial charge is 0.493 e. The lowest BCUT2D eigenvalue weighted by molar-refractivity contribution is 0.0163. The minimum absolute atomic E-state index is 0. The van der Waals surface area contributed by atoms with Gasteiger partial charge in [0.15, 0.2) is 23.0 Å². The van der Waals surface area contributed by atoms with Gasteiger partial charge in [0.25, 0.3) is 0 Å². The molecule has 3 aromatic carbocycles. The number of hydrogen-bond acceptors (Lipinski definition) is 5. The van der Waals surface area contributed by atoms with E-state index < -0.39 is 0 Å². The predicted molar refractivity (Wildman–Crippen MR) is 193 cm³/mol. The van der Waals surface area contributed by atoms with E-state index in [4.69, 9.17) is 23.7 Å². The molecule has 0 N–H and O–H groups in total. The van der Waals surface area contributed by atoms with Crippen LogP contribution in [0.4, 0.5) is 0 Å². The molecule has 45 heavy (non-hydrogen) atoms. The van der Waals surface area contributed by atoms with Crippen LogP contribution >= 0.6 is 0 Å². The monoisotopic (exact) mass is 624 g/mol. The Bertz CT molecular complexity index is 1230. The number of benzene rings is 3. The van der Waals surface area contributed by atoms with Gasteiger partial charge in [-0.05, 0) is 65.1 Å². The molecule has 0 aromatic heterocycles. The van der Waals surface area contributed by atoms with Gasteiger partial charge in [-0.1, -0.05) is 128 Å². The van der Waals surface area contributed by atoms with E-state index in [9.17, 15) is 0 Å². The maximum Gasteiger partial charge on any atom is 0.231 e. The average molecular weight is 625 g/mol. The number of fused-ring (bicyclic) bond motifs is 3. The lowest BCUT2D eigenvalue weighted by Crippen LogP contribution is -2.39. The third kappa shape index (κ3) is 14.1. The Morgan fingerprint density at radius 3 is 1.69 bits per heavy atom. The zero-order valence-corrected chi connectivity index (χ0v) is 27.5. The summed E-state index contributed by atoms with van der Waals surface area (Å²) in [5.74, 6) is 4.51. The van der Waals surface area contributed by atoms with E-state index >= 15 is 0 Å². The maximum absolute atomic E-state index is 5.87. The van der Waals surface area contributed by atoms with E-state index in [1.165, 1.54) is 17.5 Å². The summed E-state index contributed by atoms with van der Waals surface area (Å²) in [5, 5.41) is 0. The molecule has 0 radical (unpaired) electrons. The van der Waals surface area contributed by atoms with Gasteiger partial charge in [0, 0.05) is 5.41 Å². The molecule has 0 amide bonds. The van der Waals surface area contributed by atoms with Crippen molar-refractivity contribution < 1.29 is 23.7 Å². The molecule has 0 bridgehead atoms. The Morgan fingerprint density at radius 2 is 1.11 bits per heavy atom. The highest BCUT2D eigenvalue weighted by molar-refractivity contribution is 5.46. The van der Waals surface area contributed by atoms with E-state index in [2.05, 4.69) is 93.5 Å². The van der Waals surface area contributed by atoms with Gasteiger partial charge in [-0.2, -0.15) is 0 Å². The Morgan fingerprint density at radius 1 is 0.578 bits per heavy atom. The van der Waals surface area contributed by atoms with E-state index in [0.717, 1.165) is 41.8 Å². The Hall–Kier alpha value is -3.34. The van der Waals surface area contributed by atoms with Crippen molar-refractivity contribution in [2.24, 2.45) is 10.8 Å². The number of ether oxygens (including phenoxy) is 5. The molecule has 0 aliphatic carbocycles. The highest BCUT2D eigenvalue weighted by Gasteiger charge is 2.31. The normalized spacial score (nSPS) is 15.5. The topological polar surface area (TPSA) is 46.2 Å². The summed E-state index contributed by atoms with van der Waals surface area (Å²) >= 11 is 0. The molecule has 0 saturated carbocycles. The molecule has 1 unspecified atom stereocenters. The number of rotatable bonds is 0. The molecule has 0 spiro atoms. The van der Waals surface area contributed by atoms with Gasteiger partial charge in [0.05, 0.1) is 6.61 Å². The quantitative estimate of drug-likeness (QED) is 0.249. The second-order valence-corrected chi connectivity index (χ2v) is 14.6. The third-order valence-corrected chi connectivity index (χ3v) is 6.53. The molecule has 5 heteroatoms. The fourth-order valence-electron chi connectivity index (χ4n) is 4.11. The molecule has 6 rings (SSSR count). The van der Waals surface area contributed by atoms with Crippen LogP contribution in [0.3, 0.4) is 0 Å². The third-order valence-electron chi connectivity index (χ3n) is 6.53. The summed E-state index contributed by atoms with van der Waals surface area (Å²) in [6, 6.07) is 22.2. The van der Waals surface area contributed by atoms with Crippen molar-refractivity contribution >= 4 is 0 Å². The van der Waals surface area contributed by atoms with Gasteiger partial charge in [0.1, 0.15) is 18.5 Å². The van der Waals surface area contributed by atoms with Crippen molar-refractivity contribution in [3.63, 3.8) is 0 Å². The summed E-state index contributed by atoms with van der Waals surface area (Å²) in [7, 11) is 0. The predicted octanol–water partition coefficient (Wildman–Crippen LogP) is 11.6. The Balaban J connectivity index is 0.000000588. The van der Waals surface area contributed by atoms with Gasteiger partial charge in [-0.3, -0.25) is 0 Å². The van der Waals surface area contributed by atoms with Crippen molar-refractivity contribution in [2.45, 2.75) is 116 Å². The van der Waals surface area contributed by atoms with Crippen molar-refractivity contribution in [1.82, 2.24) is 0 Å². The van der Waals surface area contributed by atoms with Crippen LogP contribution in [0.5, 0.6) is 28.7 Å². The van der Waals surface area contributed by atoms with Crippen molar-refractivity contribution in [3.05, 3.63) is 77.9 Å². The first-order valence-corrected chi connectivity index (χ1v) is 15.1. The molecule has 254 valence electrons. The van der Waals surface area contributed by atoms with Gasteiger partial charge >= 0.3 is 0 Å². The first-order chi connectivity index (χ1) is 19.6. The minimum Gasteiger partial charge on any atom is -0.493 e. The van der Waals surface area contributed by atoms with E-state index in [1.54, 1.807) is 0 Å². The van der Waals surface area contributed by atoms with Crippen molar-refractivity contribution in [1.29, 1.82) is 0 Å². The SMILES string of the molecule is C.C.C.CC(C)(C)C.CC(C)(C)C1COc2ccccc2O1.CC(C)(C)c1ccc2c(c1)OCO2.c1ccc2c(c1)CCCO2. The number of hydrogen-bond donors (Lipinski definition) is 0. The van der Waals surface area contributed by atoms with Crippen LogP contribution in [0.1, 0.15) is 109 Å². The molecule has 3 aliphatic rings. The maximum atomic E-state index is 5.87. The molecule has 3 aromatic rings. The highest BCUT2D eigenvalue weighted by atomic mass is 16.7. The summed E-state index contributed by atoms with van der Waals surface area (Å²) in [5.41, 5.74) is 3.42. The first-order valence-electron chi connectivity index (χ1n) is 15.1. The van der Waals surface area contributed by atoms with E-state index in [0.29, 0.717) is 18.8 Å². The van der Waals surface area contributed by atoms with Crippen LogP contribution in [0, 0.1) is 10.8 Å². The standard InChI is InChI=1S/C12H16O2.C11H14O2.C9H10O.C5H12.3CH4/c1-12(2,3)11-8-13-9-6-4-5-7-10(9)14-11;1-11(2,3)8-4-5-9-10(6-8)13-7-12-9;1-2-6-9-8(4-1)5-3-7-10-9;1-5(2,3)4;;;/h4-7,11H,8H2,1-3H3;4-6H,7H2,1-3H3;1-2,4,6H,3,5,7H2;1-4H3;3*1H4. The van der Waals surface area contributed by atoms with Gasteiger partial charge < -0.3 is 23.7 Å². The summed E-state index contributed by atoms with van der Waals surface area (Å²) in [6.07, 6.45) is 2.48. The molecular formula is C40H64O5. The van der Waals surface area contributed by atoms with Crippen LogP contribution in [-0.2, 0) is 11.8 Å². The molecular weight excluding hydrogens is 560 g/mol. The van der Waals surface area contributed by atoms with Crippen LogP contribution in [0.2, 0.25) is 0 Å². The second-order valence-electron chi connectivity index (χ2n) is 14.6. The van der Waals surface area contributed by atoms with Crippen molar-refractivity contribution in [2.75, 3.05) is 20.0 Å². The lowest BCUT2D eigenvalue weighted by atomic mass is 9.87. The molecule has 5 nitrogen and oxygen atoms in total. The fraction of sp³-hybridized carbons (Fsp3) is 0.550. The average Bonchev–Trinajstić information content (AvgIpc) is 3.40. The van der Waals surface area contributed by atoms with E-state index in [-0.39, 0.29) is 39.2 Å². The van der Waals surface area contributed by atoms with Gasteiger partial charge in [-0.25, -0.2) is 0 Å². The molecule has 0 fully saturated rings. The molecule has 3 heterocycles. The summed E-state index contributed by atoms with van der Waals surface area (Å²) in [4.78, 5) is 0. The first kappa shape index (κ1) is 41.7. The van der Waals surface area contributed by atoms with E-state index in [1.807, 2.05) is 42.5 Å². The van der Waals surface area contributed by atoms with Crippen LogP contribution in [-0.4, -0.2) is 26.1 Å². The summed E-state index contributed by atoms with van der Waals surface area (Å²) < 4.78 is 27.5. The Kier molecular flexibility index (Phi) is 16.6. The number of aryl methyl sites for hydroxylation is 1. The zero-order chi connectivity index (χ0) is 31.0. The van der Waals surface area contributed by atoms with Gasteiger partial charge in [-0.15, -0.1) is 0 Å². The smallest absolute Gasteiger partial charge is 0.231 e. The lowest BCUT2D eigenvalue weighted by Gasteiger charge is -2.34. The Labute approximate surface area is 276 Å². The molecule has 1 atom stereocenters. The minimum atomic E-state index is 0. The van der Waals surface area contributed by atoms with Crippen LogP contribution in [0.15, 0.2) is 66.7 Å². The second kappa shape index (κ2) is 18.0. The van der Waals surface area contributed by atoms with Crippen LogP contribution in [0.25, 0.3) is 0 Å². The van der Waals surface area contributed by atoms with Crippen LogP contribution < -0.4 is 23.7 Å². The number of para-hydroxylation sites is 3.